The lowest BCUT2D eigenvalue weighted by Gasteiger charge is -2.33. The number of carbonyl (C=O) groups is 1. The van der Waals surface area contributed by atoms with E-state index in [-0.39, 0.29) is 12.0 Å². The van der Waals surface area contributed by atoms with Crippen LogP contribution in [-0.4, -0.2) is 40.3 Å². The van der Waals surface area contributed by atoms with Gasteiger partial charge in [0, 0.05) is 13.1 Å². The Morgan fingerprint density at radius 2 is 2.32 bits per heavy atom. The van der Waals surface area contributed by atoms with Gasteiger partial charge in [0.2, 0.25) is 0 Å². The average molecular weight is 265 g/mol. The van der Waals surface area contributed by atoms with Crippen LogP contribution in [-0.2, 0) is 22.6 Å². The third-order valence-electron chi connectivity index (χ3n) is 3.74. The summed E-state index contributed by atoms with van der Waals surface area (Å²) in [5, 5.41) is 4.46. The first-order valence-corrected chi connectivity index (χ1v) is 7.01. The predicted molar refractivity (Wildman–Crippen MR) is 72.7 cm³/mol. The lowest BCUT2D eigenvalue weighted by Crippen LogP contribution is -2.44. The molecule has 2 rings (SSSR count). The van der Waals surface area contributed by atoms with Crippen molar-refractivity contribution >= 4 is 5.97 Å². The molecule has 106 valence electrons. The molecular weight excluding hydrogens is 242 g/mol. The molecule has 0 amide bonds. The van der Waals surface area contributed by atoms with E-state index in [1.807, 2.05) is 11.6 Å². The second-order valence-electron chi connectivity index (χ2n) is 5.10. The van der Waals surface area contributed by atoms with Crippen molar-refractivity contribution in [3.8, 4) is 0 Å². The number of likely N-dealkylation sites (tertiary alicyclic amines) is 1. The number of methoxy groups -OCH3 is 1. The molecule has 2 heterocycles. The van der Waals surface area contributed by atoms with Crippen LogP contribution in [0, 0.1) is 6.92 Å². The zero-order valence-electron chi connectivity index (χ0n) is 12.1. The molecule has 5 nitrogen and oxygen atoms in total. The van der Waals surface area contributed by atoms with Crippen LogP contribution in [0.1, 0.15) is 37.6 Å². The third kappa shape index (κ3) is 3.15. The van der Waals surface area contributed by atoms with Gasteiger partial charge in [-0.2, -0.15) is 5.10 Å². The average Bonchev–Trinajstić information content (AvgIpc) is 2.78. The van der Waals surface area contributed by atoms with Crippen LogP contribution in [0.5, 0.6) is 0 Å². The lowest BCUT2D eigenvalue weighted by molar-refractivity contribution is -0.148. The first kappa shape index (κ1) is 14.1. The molecule has 1 aromatic rings. The van der Waals surface area contributed by atoms with Crippen LogP contribution in [0.4, 0.5) is 0 Å². The van der Waals surface area contributed by atoms with E-state index in [9.17, 15) is 4.79 Å². The van der Waals surface area contributed by atoms with E-state index >= 15 is 0 Å². The van der Waals surface area contributed by atoms with Crippen molar-refractivity contribution in [3.63, 3.8) is 0 Å². The van der Waals surface area contributed by atoms with Crippen LogP contribution in [0.25, 0.3) is 0 Å². The quantitative estimate of drug-likeness (QED) is 0.778. The number of ether oxygens (including phenoxy) is 1. The van der Waals surface area contributed by atoms with Crippen molar-refractivity contribution in [1.82, 2.24) is 14.7 Å². The van der Waals surface area contributed by atoms with E-state index in [1.54, 1.807) is 0 Å². The van der Waals surface area contributed by atoms with E-state index in [0.29, 0.717) is 0 Å². The Labute approximate surface area is 114 Å². The molecular formula is C14H23N3O2. The summed E-state index contributed by atoms with van der Waals surface area (Å²) in [6, 6.07) is 2.01. The fourth-order valence-electron chi connectivity index (χ4n) is 2.79. The normalized spacial score (nSPS) is 20.5. The molecule has 19 heavy (non-hydrogen) atoms. The minimum atomic E-state index is -0.112. The van der Waals surface area contributed by atoms with Crippen LogP contribution in [0.15, 0.2) is 6.07 Å². The molecule has 1 unspecified atom stereocenters. The van der Waals surface area contributed by atoms with Crippen LogP contribution in [0.2, 0.25) is 0 Å². The predicted octanol–water partition coefficient (Wildman–Crippen LogP) is 1.74. The van der Waals surface area contributed by atoms with Gasteiger partial charge in [0.15, 0.2) is 0 Å². The Bertz CT molecular complexity index is 442. The van der Waals surface area contributed by atoms with Crippen molar-refractivity contribution < 1.29 is 9.53 Å². The van der Waals surface area contributed by atoms with Crippen molar-refractivity contribution in [1.29, 1.82) is 0 Å². The van der Waals surface area contributed by atoms with Gasteiger partial charge in [0.1, 0.15) is 6.04 Å². The van der Waals surface area contributed by atoms with Gasteiger partial charge >= 0.3 is 5.97 Å². The summed E-state index contributed by atoms with van der Waals surface area (Å²) >= 11 is 0. The maximum Gasteiger partial charge on any atom is 0.323 e. The summed E-state index contributed by atoms with van der Waals surface area (Å²) in [6.45, 7) is 6.68. The van der Waals surface area contributed by atoms with E-state index in [1.165, 1.54) is 12.8 Å². The summed E-state index contributed by atoms with van der Waals surface area (Å²) < 4.78 is 6.93. The molecule has 1 aliphatic rings. The number of hydrogen-bond acceptors (Lipinski definition) is 4. The first-order valence-electron chi connectivity index (χ1n) is 7.01. The summed E-state index contributed by atoms with van der Waals surface area (Å²) in [4.78, 5) is 14.1. The molecule has 0 bridgehead atoms. The third-order valence-corrected chi connectivity index (χ3v) is 3.74. The van der Waals surface area contributed by atoms with Gasteiger partial charge in [0.25, 0.3) is 0 Å². The van der Waals surface area contributed by atoms with Gasteiger partial charge in [-0.15, -0.1) is 0 Å². The number of piperidine rings is 1. The van der Waals surface area contributed by atoms with Gasteiger partial charge in [-0.05, 0) is 39.3 Å². The molecule has 1 saturated heterocycles. The Morgan fingerprint density at radius 1 is 1.53 bits per heavy atom. The lowest BCUT2D eigenvalue weighted by atomic mass is 10.0. The van der Waals surface area contributed by atoms with E-state index in [4.69, 9.17) is 4.74 Å². The van der Waals surface area contributed by atoms with E-state index < -0.39 is 0 Å². The number of carbonyl (C=O) groups excluding carboxylic acids is 1. The number of aryl methyl sites for hydroxylation is 2. The second-order valence-corrected chi connectivity index (χ2v) is 5.10. The molecule has 1 aromatic heterocycles. The Morgan fingerprint density at radius 3 is 3.00 bits per heavy atom. The highest BCUT2D eigenvalue weighted by atomic mass is 16.5. The smallest absolute Gasteiger partial charge is 0.323 e. The summed E-state index contributed by atoms with van der Waals surface area (Å²) in [7, 11) is 1.47. The summed E-state index contributed by atoms with van der Waals surface area (Å²) in [5.74, 6) is -0.112. The van der Waals surface area contributed by atoms with Crippen molar-refractivity contribution in [2.24, 2.45) is 0 Å². The Hall–Kier alpha value is -1.36. The maximum absolute atomic E-state index is 11.8. The zero-order chi connectivity index (χ0) is 13.8. The van der Waals surface area contributed by atoms with Gasteiger partial charge in [-0.3, -0.25) is 14.4 Å². The van der Waals surface area contributed by atoms with E-state index in [2.05, 4.69) is 23.0 Å². The summed E-state index contributed by atoms with van der Waals surface area (Å²) in [5.41, 5.74) is 2.21. The van der Waals surface area contributed by atoms with Gasteiger partial charge < -0.3 is 4.74 Å². The fourth-order valence-corrected chi connectivity index (χ4v) is 2.79. The molecule has 0 spiro atoms. The SMILES string of the molecule is CCn1nc(C)cc1CN1CCCCC1C(=O)OC. The first-order chi connectivity index (χ1) is 9.15. The molecule has 0 N–H and O–H groups in total. The van der Waals surface area contributed by atoms with Crippen LogP contribution < -0.4 is 0 Å². The molecule has 1 atom stereocenters. The number of nitrogens with zero attached hydrogens (tertiary/aromatic N) is 3. The highest BCUT2D eigenvalue weighted by Gasteiger charge is 2.29. The standard InChI is InChI=1S/C14H23N3O2/c1-4-17-12(9-11(2)15-17)10-16-8-6-5-7-13(16)14(18)19-3/h9,13H,4-8,10H2,1-3H3. The van der Waals surface area contributed by atoms with Gasteiger partial charge in [-0.25, -0.2) is 0 Å². The molecule has 0 aliphatic carbocycles. The van der Waals surface area contributed by atoms with Crippen LogP contribution in [0.3, 0.4) is 0 Å². The zero-order valence-corrected chi connectivity index (χ0v) is 12.1. The van der Waals surface area contributed by atoms with Gasteiger partial charge in [0.05, 0.1) is 18.5 Å². The van der Waals surface area contributed by atoms with Crippen LogP contribution >= 0.6 is 0 Å². The van der Waals surface area contributed by atoms with Gasteiger partial charge in [-0.1, -0.05) is 6.42 Å². The van der Waals surface area contributed by atoms with Crippen molar-refractivity contribution in [2.45, 2.75) is 52.2 Å². The van der Waals surface area contributed by atoms with Crippen molar-refractivity contribution in [2.75, 3.05) is 13.7 Å². The minimum Gasteiger partial charge on any atom is -0.468 e. The number of hydrogen-bond donors (Lipinski definition) is 0. The topological polar surface area (TPSA) is 47.4 Å². The van der Waals surface area contributed by atoms with E-state index in [0.717, 1.165) is 44.6 Å². The Kier molecular flexibility index (Phi) is 4.58. The largest absolute Gasteiger partial charge is 0.468 e. The highest BCUT2D eigenvalue weighted by Crippen LogP contribution is 2.21. The summed E-state index contributed by atoms with van der Waals surface area (Å²) in [6.07, 6.45) is 3.14. The maximum atomic E-state index is 11.8. The molecule has 1 fully saturated rings. The number of esters is 1. The number of aromatic nitrogens is 2. The molecule has 5 heteroatoms. The van der Waals surface area contributed by atoms with Crippen molar-refractivity contribution in [3.05, 3.63) is 17.5 Å². The number of rotatable bonds is 4. The monoisotopic (exact) mass is 265 g/mol. The minimum absolute atomic E-state index is 0.0979. The molecule has 0 aromatic carbocycles. The second kappa shape index (κ2) is 6.19. The molecule has 1 aliphatic heterocycles. The Balaban J connectivity index is 2.12. The molecule has 0 saturated carbocycles. The fraction of sp³-hybridized carbons (Fsp3) is 0.714. The highest BCUT2D eigenvalue weighted by molar-refractivity contribution is 5.75. The molecule has 0 radical (unpaired) electrons.